The van der Waals surface area contributed by atoms with Gasteiger partial charge in [-0.2, -0.15) is 4.98 Å². The summed E-state index contributed by atoms with van der Waals surface area (Å²) in [6.45, 7) is 4.48. The highest BCUT2D eigenvalue weighted by Gasteiger charge is 2.26. The van der Waals surface area contributed by atoms with Crippen molar-refractivity contribution in [3.8, 4) is 0 Å². The molecule has 0 bridgehead atoms. The summed E-state index contributed by atoms with van der Waals surface area (Å²) in [5, 5.41) is 3.84. The number of piperidine rings is 1. The Morgan fingerprint density at radius 3 is 3.00 bits per heavy atom. The molecule has 0 amide bonds. The minimum atomic E-state index is 0.324. The molecule has 1 aliphatic heterocycles. The first-order chi connectivity index (χ1) is 10.8. The van der Waals surface area contributed by atoms with Gasteiger partial charge in [0, 0.05) is 12.5 Å². The zero-order chi connectivity index (χ0) is 14.9. The summed E-state index contributed by atoms with van der Waals surface area (Å²) in [5.41, 5.74) is 1.80. The van der Waals surface area contributed by atoms with Crippen molar-refractivity contribution >= 4 is 11.1 Å². The molecule has 1 aromatic carbocycles. The summed E-state index contributed by atoms with van der Waals surface area (Å²) >= 11 is 0. The van der Waals surface area contributed by atoms with Gasteiger partial charge in [-0.25, -0.2) is 4.98 Å². The van der Waals surface area contributed by atoms with E-state index in [9.17, 15) is 0 Å². The molecule has 4 rings (SSSR count). The summed E-state index contributed by atoms with van der Waals surface area (Å²) in [4.78, 5) is 11.2. The smallest absolute Gasteiger partial charge is 0.240 e. The molecule has 1 atom stereocenters. The van der Waals surface area contributed by atoms with E-state index in [1.165, 1.54) is 0 Å². The van der Waals surface area contributed by atoms with Crippen LogP contribution in [0.4, 0.5) is 0 Å². The van der Waals surface area contributed by atoms with Gasteiger partial charge in [0.05, 0.1) is 6.54 Å². The molecule has 114 valence electrons. The van der Waals surface area contributed by atoms with E-state index in [2.05, 4.69) is 20.0 Å². The maximum Gasteiger partial charge on any atom is 0.240 e. The predicted octanol–water partition coefficient (Wildman–Crippen LogP) is 2.90. The number of rotatable bonds is 3. The van der Waals surface area contributed by atoms with E-state index in [1.54, 1.807) is 0 Å². The monoisotopic (exact) mass is 298 g/mol. The minimum absolute atomic E-state index is 0.324. The number of hydrogen-bond acceptors (Lipinski definition) is 6. The first-order valence-electron chi connectivity index (χ1n) is 7.65. The number of hydrogen-bond donors (Lipinski definition) is 0. The molecule has 22 heavy (non-hydrogen) atoms. The van der Waals surface area contributed by atoms with Crippen molar-refractivity contribution in [1.29, 1.82) is 0 Å². The zero-order valence-electron chi connectivity index (χ0n) is 12.5. The van der Waals surface area contributed by atoms with Gasteiger partial charge < -0.3 is 8.94 Å². The lowest BCUT2D eigenvalue weighted by Gasteiger charge is -2.29. The molecule has 0 radical (unpaired) electrons. The fourth-order valence-corrected chi connectivity index (χ4v) is 3.06. The number of likely N-dealkylation sites (tertiary alicyclic amines) is 1. The Balaban J connectivity index is 1.50. The minimum Gasteiger partial charge on any atom is -0.440 e. The Morgan fingerprint density at radius 2 is 2.18 bits per heavy atom. The predicted molar refractivity (Wildman–Crippen MR) is 80.3 cm³/mol. The van der Waals surface area contributed by atoms with Crippen molar-refractivity contribution in [2.24, 2.45) is 0 Å². The van der Waals surface area contributed by atoms with Gasteiger partial charge in [-0.1, -0.05) is 17.3 Å². The molecule has 0 N–H and O–H groups in total. The normalized spacial score (nSPS) is 19.8. The van der Waals surface area contributed by atoms with Crippen LogP contribution in [0.2, 0.25) is 0 Å². The molecule has 1 aliphatic rings. The molecule has 6 nitrogen and oxygen atoms in total. The fourth-order valence-electron chi connectivity index (χ4n) is 3.06. The third kappa shape index (κ3) is 2.62. The van der Waals surface area contributed by atoms with E-state index >= 15 is 0 Å². The lowest BCUT2D eigenvalue weighted by molar-refractivity contribution is 0.167. The molecular formula is C16H18N4O2. The third-order valence-electron chi connectivity index (χ3n) is 4.09. The standard InChI is InChI=1S/C16H18N4O2/c1-11-17-15(22-19-11)10-20-8-4-5-12(9-20)16-18-13-6-2-3-7-14(13)21-16/h2-3,6-7,12H,4-5,8-10H2,1H3/t12-/m1/s1. The Morgan fingerprint density at radius 1 is 1.27 bits per heavy atom. The van der Waals surface area contributed by atoms with E-state index < -0.39 is 0 Å². The molecule has 0 spiro atoms. The van der Waals surface area contributed by atoms with Crippen molar-refractivity contribution in [2.75, 3.05) is 13.1 Å². The fraction of sp³-hybridized carbons (Fsp3) is 0.438. The Bertz CT molecular complexity index is 746. The van der Waals surface area contributed by atoms with E-state index in [0.717, 1.165) is 42.9 Å². The summed E-state index contributed by atoms with van der Waals surface area (Å²) in [7, 11) is 0. The quantitative estimate of drug-likeness (QED) is 0.740. The van der Waals surface area contributed by atoms with Crippen molar-refractivity contribution in [1.82, 2.24) is 20.0 Å². The van der Waals surface area contributed by atoms with Crippen molar-refractivity contribution in [3.05, 3.63) is 41.9 Å². The summed E-state index contributed by atoms with van der Waals surface area (Å²) in [5.74, 6) is 2.52. The molecule has 3 heterocycles. The highest BCUT2D eigenvalue weighted by Crippen LogP contribution is 2.29. The van der Waals surface area contributed by atoms with Gasteiger partial charge in [-0.05, 0) is 38.4 Å². The third-order valence-corrected chi connectivity index (χ3v) is 4.09. The molecule has 0 saturated carbocycles. The number of aryl methyl sites for hydroxylation is 1. The molecule has 1 saturated heterocycles. The largest absolute Gasteiger partial charge is 0.440 e. The van der Waals surface area contributed by atoms with Gasteiger partial charge >= 0.3 is 0 Å². The maximum atomic E-state index is 5.92. The van der Waals surface area contributed by atoms with Crippen LogP contribution in [0.15, 0.2) is 33.2 Å². The number of nitrogens with zero attached hydrogens (tertiary/aromatic N) is 4. The summed E-state index contributed by atoms with van der Waals surface area (Å²) < 4.78 is 11.1. The first kappa shape index (κ1) is 13.5. The van der Waals surface area contributed by atoms with Gasteiger partial charge in [-0.15, -0.1) is 0 Å². The molecule has 1 fully saturated rings. The van der Waals surface area contributed by atoms with E-state index in [-0.39, 0.29) is 0 Å². The van der Waals surface area contributed by atoms with Gasteiger partial charge in [0.15, 0.2) is 17.3 Å². The first-order valence-corrected chi connectivity index (χ1v) is 7.65. The van der Waals surface area contributed by atoms with Gasteiger partial charge in [0.2, 0.25) is 5.89 Å². The summed E-state index contributed by atoms with van der Waals surface area (Å²) in [6, 6.07) is 7.92. The van der Waals surface area contributed by atoms with Crippen LogP contribution in [-0.4, -0.2) is 33.1 Å². The highest BCUT2D eigenvalue weighted by molar-refractivity contribution is 5.72. The number of fused-ring (bicyclic) bond motifs is 1. The van der Waals surface area contributed by atoms with Crippen molar-refractivity contribution in [3.63, 3.8) is 0 Å². The van der Waals surface area contributed by atoms with Crippen LogP contribution in [0, 0.1) is 6.92 Å². The second-order valence-electron chi connectivity index (χ2n) is 5.83. The summed E-state index contributed by atoms with van der Waals surface area (Å²) in [6.07, 6.45) is 2.22. The lowest BCUT2D eigenvalue weighted by Crippen LogP contribution is -2.34. The van der Waals surface area contributed by atoms with E-state index in [1.807, 2.05) is 31.2 Å². The zero-order valence-corrected chi connectivity index (χ0v) is 12.5. The number of oxazole rings is 1. The van der Waals surface area contributed by atoms with Crippen molar-refractivity contribution < 1.29 is 8.94 Å². The number of aromatic nitrogens is 3. The van der Waals surface area contributed by atoms with E-state index in [4.69, 9.17) is 8.94 Å². The van der Waals surface area contributed by atoms with Gasteiger partial charge in [-0.3, -0.25) is 4.90 Å². The van der Waals surface area contributed by atoms with Crippen LogP contribution < -0.4 is 0 Å². The molecular weight excluding hydrogens is 280 g/mol. The van der Waals surface area contributed by atoms with Crippen LogP contribution in [0.1, 0.15) is 36.4 Å². The van der Waals surface area contributed by atoms with Crippen LogP contribution in [0.3, 0.4) is 0 Å². The average Bonchev–Trinajstić information content (AvgIpc) is 3.13. The second-order valence-corrected chi connectivity index (χ2v) is 5.83. The molecule has 0 unspecified atom stereocenters. The maximum absolute atomic E-state index is 5.92. The number of para-hydroxylation sites is 2. The lowest BCUT2D eigenvalue weighted by atomic mass is 9.98. The molecule has 2 aromatic heterocycles. The second kappa shape index (κ2) is 5.53. The van der Waals surface area contributed by atoms with Crippen LogP contribution >= 0.6 is 0 Å². The topological polar surface area (TPSA) is 68.2 Å². The average molecular weight is 298 g/mol. The SMILES string of the molecule is Cc1noc(CN2CCC[C@@H](c3nc4ccccc4o3)C2)n1. The highest BCUT2D eigenvalue weighted by atomic mass is 16.5. The molecule has 0 aliphatic carbocycles. The Labute approximate surface area is 128 Å². The number of benzene rings is 1. The van der Waals surface area contributed by atoms with Gasteiger partial charge in [0.1, 0.15) is 5.52 Å². The Hall–Kier alpha value is -2.21. The van der Waals surface area contributed by atoms with Crippen LogP contribution in [-0.2, 0) is 6.54 Å². The van der Waals surface area contributed by atoms with Crippen molar-refractivity contribution in [2.45, 2.75) is 32.2 Å². The Kier molecular flexibility index (Phi) is 3.38. The van der Waals surface area contributed by atoms with Crippen LogP contribution in [0.5, 0.6) is 0 Å². The van der Waals surface area contributed by atoms with Crippen LogP contribution in [0.25, 0.3) is 11.1 Å². The van der Waals surface area contributed by atoms with E-state index in [0.29, 0.717) is 24.2 Å². The molecule has 6 heteroatoms. The van der Waals surface area contributed by atoms with Gasteiger partial charge in [0.25, 0.3) is 0 Å². The molecule has 3 aromatic rings.